The van der Waals surface area contributed by atoms with Crippen molar-refractivity contribution in [1.29, 1.82) is 0 Å². The Hall–Kier alpha value is -0.970. The third-order valence-corrected chi connectivity index (χ3v) is 4.25. The van der Waals surface area contributed by atoms with E-state index in [0.717, 1.165) is 30.8 Å². The monoisotopic (exact) mass is 265 g/mol. The van der Waals surface area contributed by atoms with Crippen molar-refractivity contribution in [2.24, 2.45) is 5.73 Å². The molecule has 0 amide bonds. The smallest absolute Gasteiger partial charge is 0.123 e. The Kier molecular flexibility index (Phi) is 4.55. The number of piperazine rings is 1. The van der Waals surface area contributed by atoms with Crippen LogP contribution in [-0.2, 0) is 0 Å². The normalized spacial score (nSPS) is 23.5. The van der Waals surface area contributed by atoms with Crippen LogP contribution >= 0.6 is 0 Å². The molecule has 0 radical (unpaired) electrons. The van der Waals surface area contributed by atoms with E-state index in [-0.39, 0.29) is 11.9 Å². The van der Waals surface area contributed by atoms with Crippen molar-refractivity contribution in [3.05, 3.63) is 35.1 Å². The molecule has 106 valence electrons. The second kappa shape index (κ2) is 5.99. The quantitative estimate of drug-likeness (QED) is 0.904. The Labute approximate surface area is 115 Å². The van der Waals surface area contributed by atoms with Crippen LogP contribution in [0.15, 0.2) is 18.2 Å². The van der Waals surface area contributed by atoms with Crippen LogP contribution in [0.3, 0.4) is 0 Å². The minimum Gasteiger partial charge on any atom is -0.329 e. The van der Waals surface area contributed by atoms with Gasteiger partial charge in [-0.2, -0.15) is 0 Å². The number of likely N-dealkylation sites (N-methyl/N-ethyl adjacent to an activating group) is 1. The summed E-state index contributed by atoms with van der Waals surface area (Å²) in [5.41, 5.74) is 8.12. The van der Waals surface area contributed by atoms with E-state index < -0.39 is 0 Å². The number of hydrogen-bond acceptors (Lipinski definition) is 3. The summed E-state index contributed by atoms with van der Waals surface area (Å²) in [6.45, 7) is 7.84. The lowest BCUT2D eigenvalue weighted by Gasteiger charge is -2.42. The molecule has 1 aliphatic rings. The first kappa shape index (κ1) is 14.4. The van der Waals surface area contributed by atoms with E-state index in [2.05, 4.69) is 23.8 Å². The summed E-state index contributed by atoms with van der Waals surface area (Å²) in [6, 6.07) is 5.73. The molecule has 1 aromatic carbocycles. The summed E-state index contributed by atoms with van der Waals surface area (Å²) in [7, 11) is 2.16. The van der Waals surface area contributed by atoms with Gasteiger partial charge < -0.3 is 10.6 Å². The van der Waals surface area contributed by atoms with E-state index in [0.29, 0.717) is 12.6 Å². The molecule has 0 spiro atoms. The number of benzene rings is 1. The second-order valence-corrected chi connectivity index (χ2v) is 5.58. The number of nitrogens with two attached hydrogens (primary N) is 1. The number of rotatable bonds is 3. The van der Waals surface area contributed by atoms with Gasteiger partial charge in [-0.25, -0.2) is 4.39 Å². The highest BCUT2D eigenvalue weighted by Gasteiger charge is 2.27. The average molecular weight is 265 g/mol. The summed E-state index contributed by atoms with van der Waals surface area (Å²) in [6.07, 6.45) is 0. The molecule has 19 heavy (non-hydrogen) atoms. The van der Waals surface area contributed by atoms with Gasteiger partial charge in [-0.1, -0.05) is 6.07 Å². The number of aryl methyl sites for hydroxylation is 1. The lowest BCUT2D eigenvalue weighted by molar-refractivity contribution is 0.0739. The van der Waals surface area contributed by atoms with Gasteiger partial charge in [0.05, 0.1) is 0 Å². The van der Waals surface area contributed by atoms with E-state index >= 15 is 0 Å². The first-order valence-electron chi connectivity index (χ1n) is 6.93. The Morgan fingerprint density at radius 2 is 2.16 bits per heavy atom. The van der Waals surface area contributed by atoms with E-state index in [4.69, 9.17) is 5.73 Å². The van der Waals surface area contributed by atoms with Crippen LogP contribution in [0, 0.1) is 12.7 Å². The minimum absolute atomic E-state index is 0.177. The third-order valence-electron chi connectivity index (χ3n) is 4.25. The molecule has 2 unspecified atom stereocenters. The molecule has 1 saturated heterocycles. The van der Waals surface area contributed by atoms with Gasteiger partial charge in [-0.15, -0.1) is 0 Å². The molecule has 0 saturated carbocycles. The van der Waals surface area contributed by atoms with Crippen molar-refractivity contribution in [3.63, 3.8) is 0 Å². The first-order valence-corrected chi connectivity index (χ1v) is 6.93. The maximum atomic E-state index is 13.2. The highest BCUT2D eigenvalue weighted by Crippen LogP contribution is 2.25. The van der Waals surface area contributed by atoms with E-state index in [1.54, 1.807) is 6.07 Å². The van der Waals surface area contributed by atoms with E-state index in [1.807, 2.05) is 13.0 Å². The zero-order valence-electron chi connectivity index (χ0n) is 12.1. The Morgan fingerprint density at radius 3 is 2.74 bits per heavy atom. The molecule has 0 aliphatic carbocycles. The summed E-state index contributed by atoms with van der Waals surface area (Å²) in [5, 5.41) is 0. The first-order chi connectivity index (χ1) is 9.02. The van der Waals surface area contributed by atoms with Gasteiger partial charge >= 0.3 is 0 Å². The van der Waals surface area contributed by atoms with Crippen LogP contribution in [0.5, 0.6) is 0 Å². The summed E-state index contributed by atoms with van der Waals surface area (Å²) < 4.78 is 13.2. The number of halogens is 1. The molecule has 1 aliphatic heterocycles. The third kappa shape index (κ3) is 3.14. The molecular weight excluding hydrogens is 241 g/mol. The lowest BCUT2D eigenvalue weighted by atomic mass is 9.98. The lowest BCUT2D eigenvalue weighted by Crippen LogP contribution is -2.52. The highest BCUT2D eigenvalue weighted by atomic mass is 19.1. The number of nitrogens with zero attached hydrogens (tertiary/aromatic N) is 2. The van der Waals surface area contributed by atoms with Crippen molar-refractivity contribution in [3.8, 4) is 0 Å². The van der Waals surface area contributed by atoms with Crippen LogP contribution in [0.2, 0.25) is 0 Å². The minimum atomic E-state index is -0.177. The van der Waals surface area contributed by atoms with Crippen molar-refractivity contribution in [2.45, 2.75) is 25.9 Å². The SMILES string of the molecule is Cc1cc(F)ccc1C(CN)N1CCN(C)C(C)C1. The van der Waals surface area contributed by atoms with Gasteiger partial charge in [-0.3, -0.25) is 4.90 Å². The van der Waals surface area contributed by atoms with Gasteiger partial charge in [0.15, 0.2) is 0 Å². The van der Waals surface area contributed by atoms with Crippen molar-refractivity contribution in [1.82, 2.24) is 9.80 Å². The standard InChI is InChI=1S/C15H24FN3/c1-11-8-13(16)4-5-14(11)15(9-17)19-7-6-18(3)12(2)10-19/h4-5,8,12,15H,6-7,9-10,17H2,1-3H3. The fourth-order valence-corrected chi connectivity index (χ4v) is 2.85. The Morgan fingerprint density at radius 1 is 1.42 bits per heavy atom. The predicted octanol–water partition coefficient (Wildman–Crippen LogP) is 1.77. The zero-order chi connectivity index (χ0) is 14.0. The molecule has 1 fully saturated rings. The topological polar surface area (TPSA) is 32.5 Å². The van der Waals surface area contributed by atoms with Crippen LogP contribution in [0.1, 0.15) is 24.1 Å². The van der Waals surface area contributed by atoms with E-state index in [1.165, 1.54) is 6.07 Å². The van der Waals surface area contributed by atoms with Crippen LogP contribution in [-0.4, -0.2) is 49.1 Å². The van der Waals surface area contributed by atoms with Crippen molar-refractivity contribution in [2.75, 3.05) is 33.2 Å². The average Bonchev–Trinajstić information content (AvgIpc) is 2.37. The molecule has 2 N–H and O–H groups in total. The molecule has 2 atom stereocenters. The highest BCUT2D eigenvalue weighted by molar-refractivity contribution is 5.30. The summed E-state index contributed by atoms with van der Waals surface area (Å²) >= 11 is 0. The molecule has 1 aromatic rings. The van der Waals surface area contributed by atoms with Gasteiger partial charge in [0.1, 0.15) is 5.82 Å². The molecule has 0 bridgehead atoms. The molecule has 1 heterocycles. The Bertz CT molecular complexity index is 435. The fourth-order valence-electron chi connectivity index (χ4n) is 2.85. The fraction of sp³-hybridized carbons (Fsp3) is 0.600. The molecule has 4 heteroatoms. The van der Waals surface area contributed by atoms with Crippen molar-refractivity contribution >= 4 is 0 Å². The molecule has 0 aromatic heterocycles. The molecule has 3 nitrogen and oxygen atoms in total. The van der Waals surface area contributed by atoms with Gasteiger partial charge in [-0.05, 0) is 44.2 Å². The van der Waals surface area contributed by atoms with E-state index in [9.17, 15) is 4.39 Å². The molecule has 2 rings (SSSR count). The zero-order valence-corrected chi connectivity index (χ0v) is 12.1. The number of hydrogen-bond donors (Lipinski definition) is 1. The second-order valence-electron chi connectivity index (χ2n) is 5.58. The maximum absolute atomic E-state index is 13.2. The molecular formula is C15H24FN3. The summed E-state index contributed by atoms with van der Waals surface area (Å²) in [5.74, 6) is -0.177. The maximum Gasteiger partial charge on any atom is 0.123 e. The van der Waals surface area contributed by atoms with Crippen LogP contribution < -0.4 is 5.73 Å². The van der Waals surface area contributed by atoms with Crippen molar-refractivity contribution < 1.29 is 4.39 Å². The van der Waals surface area contributed by atoms with Gasteiger partial charge in [0.25, 0.3) is 0 Å². The van der Waals surface area contributed by atoms with Gasteiger partial charge in [0.2, 0.25) is 0 Å². The Balaban J connectivity index is 2.20. The van der Waals surface area contributed by atoms with Gasteiger partial charge in [0, 0.05) is 38.3 Å². The van der Waals surface area contributed by atoms with Crippen LogP contribution in [0.25, 0.3) is 0 Å². The van der Waals surface area contributed by atoms with Crippen LogP contribution in [0.4, 0.5) is 4.39 Å². The largest absolute Gasteiger partial charge is 0.329 e. The predicted molar refractivity (Wildman–Crippen MR) is 76.6 cm³/mol. The summed E-state index contributed by atoms with van der Waals surface area (Å²) in [4.78, 5) is 4.78.